The summed E-state index contributed by atoms with van der Waals surface area (Å²) in [5, 5.41) is -0.147. The van der Waals surface area contributed by atoms with E-state index in [4.69, 9.17) is 0 Å². The third-order valence-corrected chi connectivity index (χ3v) is 6.96. The summed E-state index contributed by atoms with van der Waals surface area (Å²) in [4.78, 5) is 16.4. The number of piperidine rings is 2. The molecule has 3 fully saturated rings. The van der Waals surface area contributed by atoms with Gasteiger partial charge in [0, 0.05) is 32.2 Å². The van der Waals surface area contributed by atoms with Gasteiger partial charge in [0.15, 0.2) is 0 Å². The summed E-state index contributed by atoms with van der Waals surface area (Å²) < 4.78 is 26.7. The van der Waals surface area contributed by atoms with Crippen LogP contribution in [0.1, 0.15) is 44.9 Å². The van der Waals surface area contributed by atoms with E-state index in [0.717, 1.165) is 64.7 Å². The minimum Gasteiger partial charge on any atom is -0.342 e. The largest absolute Gasteiger partial charge is 0.342 e. The third-order valence-electron chi connectivity index (χ3n) is 4.95. The molecule has 3 rings (SSSR count). The average Bonchev–Trinajstić information content (AvgIpc) is 3.35. The van der Waals surface area contributed by atoms with Crippen LogP contribution < -0.4 is 4.72 Å². The average molecular weight is 329 g/mol. The SMILES string of the molecule is O=C(CN1CCC(NS(=O)(=O)C2CC2)CC1)N1CCCCC1. The van der Waals surface area contributed by atoms with E-state index in [-0.39, 0.29) is 17.2 Å². The maximum Gasteiger partial charge on any atom is 0.236 e. The van der Waals surface area contributed by atoms with Crippen LogP contribution in [-0.4, -0.2) is 68.1 Å². The Hall–Kier alpha value is -0.660. The van der Waals surface area contributed by atoms with E-state index in [1.165, 1.54) is 6.42 Å². The Morgan fingerprint density at radius 2 is 1.59 bits per heavy atom. The van der Waals surface area contributed by atoms with E-state index in [1.54, 1.807) is 0 Å². The summed E-state index contributed by atoms with van der Waals surface area (Å²) in [7, 11) is -3.09. The van der Waals surface area contributed by atoms with Crippen molar-refractivity contribution in [1.82, 2.24) is 14.5 Å². The molecule has 126 valence electrons. The van der Waals surface area contributed by atoms with Crippen molar-refractivity contribution in [3.05, 3.63) is 0 Å². The van der Waals surface area contributed by atoms with Gasteiger partial charge in [-0.2, -0.15) is 0 Å². The molecule has 1 saturated carbocycles. The van der Waals surface area contributed by atoms with Crippen LogP contribution in [0.25, 0.3) is 0 Å². The normalized spacial score (nSPS) is 25.4. The first-order valence-electron chi connectivity index (χ1n) is 8.56. The van der Waals surface area contributed by atoms with Crippen molar-refractivity contribution in [2.75, 3.05) is 32.7 Å². The predicted molar refractivity (Wildman–Crippen MR) is 85.0 cm³/mol. The van der Waals surface area contributed by atoms with Crippen molar-refractivity contribution in [2.24, 2.45) is 0 Å². The van der Waals surface area contributed by atoms with E-state index >= 15 is 0 Å². The smallest absolute Gasteiger partial charge is 0.236 e. The number of likely N-dealkylation sites (tertiary alicyclic amines) is 2. The van der Waals surface area contributed by atoms with Crippen molar-refractivity contribution in [3.8, 4) is 0 Å². The molecule has 0 unspecified atom stereocenters. The lowest BCUT2D eigenvalue weighted by Crippen LogP contribution is -2.49. The second-order valence-corrected chi connectivity index (χ2v) is 8.85. The molecule has 2 heterocycles. The van der Waals surface area contributed by atoms with E-state index in [9.17, 15) is 13.2 Å². The second kappa shape index (κ2) is 6.84. The van der Waals surface area contributed by atoms with E-state index in [2.05, 4.69) is 9.62 Å². The molecule has 7 heteroatoms. The van der Waals surface area contributed by atoms with Gasteiger partial charge in [0.2, 0.25) is 15.9 Å². The standard InChI is InChI=1S/C15H27N3O3S/c19-15(18-8-2-1-3-9-18)12-17-10-6-13(7-11-17)16-22(20,21)14-4-5-14/h13-14,16H,1-12H2. The van der Waals surface area contributed by atoms with E-state index in [1.807, 2.05) is 4.90 Å². The molecule has 0 atom stereocenters. The van der Waals surface area contributed by atoms with Gasteiger partial charge in [-0.05, 0) is 44.9 Å². The quantitative estimate of drug-likeness (QED) is 0.799. The molecule has 1 aliphatic carbocycles. The minimum absolute atomic E-state index is 0.0481. The van der Waals surface area contributed by atoms with Crippen LogP contribution in [0.4, 0.5) is 0 Å². The number of carbonyl (C=O) groups excluding carboxylic acids is 1. The molecule has 0 bridgehead atoms. The zero-order valence-electron chi connectivity index (χ0n) is 13.2. The fourth-order valence-electron chi connectivity index (χ4n) is 3.35. The number of nitrogens with one attached hydrogen (secondary N) is 1. The summed E-state index contributed by atoms with van der Waals surface area (Å²) in [6.07, 6.45) is 6.69. The van der Waals surface area contributed by atoms with Crippen LogP contribution >= 0.6 is 0 Å². The molecule has 6 nitrogen and oxygen atoms in total. The number of rotatable bonds is 5. The van der Waals surface area contributed by atoms with Crippen molar-refractivity contribution >= 4 is 15.9 Å². The van der Waals surface area contributed by atoms with Crippen LogP contribution in [0.3, 0.4) is 0 Å². The van der Waals surface area contributed by atoms with Crippen molar-refractivity contribution in [1.29, 1.82) is 0 Å². The number of amides is 1. The highest BCUT2D eigenvalue weighted by Gasteiger charge is 2.37. The van der Waals surface area contributed by atoms with Gasteiger partial charge in [-0.3, -0.25) is 9.69 Å². The first-order chi connectivity index (χ1) is 10.5. The fourth-order valence-corrected chi connectivity index (χ4v) is 5.00. The van der Waals surface area contributed by atoms with Gasteiger partial charge in [-0.25, -0.2) is 13.1 Å². The number of carbonyl (C=O) groups is 1. The number of sulfonamides is 1. The molecule has 0 radical (unpaired) electrons. The Bertz CT molecular complexity index is 490. The summed E-state index contributed by atoms with van der Waals surface area (Å²) in [6, 6.07) is 0.0481. The molecule has 1 amide bonds. The maximum atomic E-state index is 12.2. The number of hydrogen-bond donors (Lipinski definition) is 1. The third kappa shape index (κ3) is 4.20. The Morgan fingerprint density at radius 1 is 0.955 bits per heavy atom. The molecule has 3 aliphatic rings. The van der Waals surface area contributed by atoms with Gasteiger partial charge in [0.25, 0.3) is 0 Å². The van der Waals surface area contributed by atoms with E-state index in [0.29, 0.717) is 6.54 Å². The van der Waals surface area contributed by atoms with Crippen molar-refractivity contribution < 1.29 is 13.2 Å². The molecule has 0 aromatic heterocycles. The number of hydrogen-bond acceptors (Lipinski definition) is 4. The topological polar surface area (TPSA) is 69.7 Å². The zero-order valence-corrected chi connectivity index (χ0v) is 14.0. The first kappa shape index (κ1) is 16.2. The van der Waals surface area contributed by atoms with Crippen molar-refractivity contribution in [2.45, 2.75) is 56.2 Å². The van der Waals surface area contributed by atoms with Gasteiger partial charge >= 0.3 is 0 Å². The molecule has 22 heavy (non-hydrogen) atoms. The van der Waals surface area contributed by atoms with Crippen LogP contribution in [0, 0.1) is 0 Å². The van der Waals surface area contributed by atoms with Gasteiger partial charge in [0.05, 0.1) is 11.8 Å². The highest BCUT2D eigenvalue weighted by atomic mass is 32.2. The maximum absolute atomic E-state index is 12.2. The minimum atomic E-state index is -3.09. The summed E-state index contributed by atoms with van der Waals surface area (Å²) >= 11 is 0. The lowest BCUT2D eigenvalue weighted by Gasteiger charge is -2.34. The van der Waals surface area contributed by atoms with Crippen molar-refractivity contribution in [3.63, 3.8) is 0 Å². The molecule has 2 saturated heterocycles. The lowest BCUT2D eigenvalue weighted by atomic mass is 10.1. The van der Waals surface area contributed by atoms with E-state index < -0.39 is 10.0 Å². The first-order valence-corrected chi connectivity index (χ1v) is 10.1. The molecule has 0 aromatic rings. The Kier molecular flexibility index (Phi) is 5.04. The van der Waals surface area contributed by atoms with Gasteiger partial charge in [0.1, 0.15) is 0 Å². The zero-order chi connectivity index (χ0) is 15.6. The summed E-state index contributed by atoms with van der Waals surface area (Å²) in [5.74, 6) is 0.233. The second-order valence-electron chi connectivity index (χ2n) is 6.85. The van der Waals surface area contributed by atoms with Crippen LogP contribution in [0.5, 0.6) is 0 Å². The Morgan fingerprint density at radius 3 is 2.18 bits per heavy atom. The molecule has 2 aliphatic heterocycles. The fraction of sp³-hybridized carbons (Fsp3) is 0.933. The Balaban J connectivity index is 1.40. The predicted octanol–water partition coefficient (Wildman–Crippen LogP) is 0.545. The molecule has 0 spiro atoms. The summed E-state index contributed by atoms with van der Waals surface area (Å²) in [6.45, 7) is 3.89. The lowest BCUT2D eigenvalue weighted by molar-refractivity contribution is -0.133. The molecule has 0 aromatic carbocycles. The van der Waals surface area contributed by atoms with Gasteiger partial charge < -0.3 is 4.90 Å². The molecular formula is C15H27N3O3S. The van der Waals surface area contributed by atoms with Gasteiger partial charge in [-0.1, -0.05) is 0 Å². The van der Waals surface area contributed by atoms with Crippen LogP contribution in [0.2, 0.25) is 0 Å². The van der Waals surface area contributed by atoms with Crippen LogP contribution in [-0.2, 0) is 14.8 Å². The highest BCUT2D eigenvalue weighted by molar-refractivity contribution is 7.90. The number of nitrogens with zero attached hydrogens (tertiary/aromatic N) is 2. The summed E-state index contributed by atoms with van der Waals surface area (Å²) in [5.41, 5.74) is 0. The molecule has 1 N–H and O–H groups in total. The Labute approximate surface area is 133 Å². The van der Waals surface area contributed by atoms with Gasteiger partial charge in [-0.15, -0.1) is 0 Å². The highest BCUT2D eigenvalue weighted by Crippen LogP contribution is 2.28. The van der Waals surface area contributed by atoms with Crippen LogP contribution in [0.15, 0.2) is 0 Å². The monoisotopic (exact) mass is 329 g/mol. The molecular weight excluding hydrogens is 302 g/mol.